The van der Waals surface area contributed by atoms with Gasteiger partial charge in [0.2, 0.25) is 0 Å². The van der Waals surface area contributed by atoms with Crippen LogP contribution in [0.4, 0.5) is 5.69 Å². The van der Waals surface area contributed by atoms with Gasteiger partial charge in [0.05, 0.1) is 22.7 Å². The third kappa shape index (κ3) is 2.39. The highest BCUT2D eigenvalue weighted by Crippen LogP contribution is 2.25. The van der Waals surface area contributed by atoms with Gasteiger partial charge < -0.3 is 4.74 Å². The molecule has 1 aromatic rings. The fourth-order valence-electron chi connectivity index (χ4n) is 1.46. The third-order valence-corrected chi connectivity index (χ3v) is 2.23. The minimum atomic E-state index is -0.717. The number of rotatable bonds is 3. The van der Waals surface area contributed by atoms with Crippen LogP contribution in [0.2, 0.25) is 0 Å². The van der Waals surface area contributed by atoms with E-state index in [4.69, 9.17) is 10.00 Å². The first-order valence-corrected chi connectivity index (χ1v) is 4.88. The van der Waals surface area contributed by atoms with Crippen molar-refractivity contribution in [1.82, 2.24) is 0 Å². The Balaban J connectivity index is 3.44. The first-order chi connectivity index (χ1) is 8.02. The molecule has 0 saturated carbocycles. The summed E-state index contributed by atoms with van der Waals surface area (Å²) in [6.45, 7) is 3.19. The fraction of sp³-hybridized carbons (Fsp3) is 0.273. The van der Waals surface area contributed by atoms with Crippen LogP contribution in [0.3, 0.4) is 0 Å². The molecule has 88 valence electrons. The van der Waals surface area contributed by atoms with Crippen LogP contribution in [0.1, 0.15) is 28.4 Å². The minimum Gasteiger partial charge on any atom is -0.462 e. The van der Waals surface area contributed by atoms with Gasteiger partial charge in [0, 0.05) is 11.6 Å². The number of carbonyl (C=O) groups excluding carboxylic acids is 1. The average Bonchev–Trinajstić information content (AvgIpc) is 2.27. The lowest BCUT2D eigenvalue weighted by Gasteiger charge is -2.07. The smallest absolute Gasteiger partial charge is 0.339 e. The van der Waals surface area contributed by atoms with E-state index in [1.807, 2.05) is 6.07 Å². The number of nitrogens with zero attached hydrogens (tertiary/aromatic N) is 2. The molecule has 0 saturated heterocycles. The summed E-state index contributed by atoms with van der Waals surface area (Å²) in [6, 6.07) is 4.27. The summed E-state index contributed by atoms with van der Waals surface area (Å²) in [4.78, 5) is 21.8. The van der Waals surface area contributed by atoms with Gasteiger partial charge in [0.1, 0.15) is 6.07 Å². The number of benzene rings is 1. The first-order valence-electron chi connectivity index (χ1n) is 4.88. The molecule has 0 aliphatic heterocycles. The molecule has 6 heteroatoms. The van der Waals surface area contributed by atoms with Gasteiger partial charge in [-0.25, -0.2) is 4.79 Å². The van der Waals surface area contributed by atoms with Crippen molar-refractivity contribution in [1.29, 1.82) is 5.26 Å². The van der Waals surface area contributed by atoms with Gasteiger partial charge in [-0.15, -0.1) is 0 Å². The molecular weight excluding hydrogens is 224 g/mol. The van der Waals surface area contributed by atoms with Gasteiger partial charge in [-0.2, -0.15) is 5.26 Å². The maximum atomic E-state index is 11.6. The monoisotopic (exact) mass is 234 g/mol. The van der Waals surface area contributed by atoms with Gasteiger partial charge in [-0.1, -0.05) is 0 Å². The zero-order valence-electron chi connectivity index (χ0n) is 9.39. The van der Waals surface area contributed by atoms with Crippen molar-refractivity contribution < 1.29 is 14.5 Å². The summed E-state index contributed by atoms with van der Waals surface area (Å²) in [5.74, 6) is -0.717. The second kappa shape index (κ2) is 5.07. The van der Waals surface area contributed by atoms with E-state index in [9.17, 15) is 14.9 Å². The maximum Gasteiger partial charge on any atom is 0.339 e. The highest BCUT2D eigenvalue weighted by atomic mass is 16.6. The molecular formula is C11H10N2O4. The predicted molar refractivity (Wildman–Crippen MR) is 58.5 cm³/mol. The van der Waals surface area contributed by atoms with Crippen LogP contribution in [-0.4, -0.2) is 17.5 Å². The molecule has 0 radical (unpaired) electrons. The molecule has 0 aromatic heterocycles. The van der Waals surface area contributed by atoms with Crippen LogP contribution in [0, 0.1) is 28.4 Å². The van der Waals surface area contributed by atoms with E-state index in [0.717, 1.165) is 0 Å². The minimum absolute atomic E-state index is 0.0384. The Labute approximate surface area is 97.6 Å². The lowest BCUT2D eigenvalue weighted by Crippen LogP contribution is -2.10. The van der Waals surface area contributed by atoms with Crippen molar-refractivity contribution in [2.45, 2.75) is 13.8 Å². The number of nitro benzene ring substituents is 1. The molecule has 0 aliphatic rings. The topological polar surface area (TPSA) is 93.2 Å². The Morgan fingerprint density at radius 2 is 2.24 bits per heavy atom. The van der Waals surface area contributed by atoms with Crippen molar-refractivity contribution in [2.24, 2.45) is 0 Å². The fourth-order valence-corrected chi connectivity index (χ4v) is 1.46. The van der Waals surface area contributed by atoms with Crippen LogP contribution in [-0.2, 0) is 4.74 Å². The van der Waals surface area contributed by atoms with Crippen molar-refractivity contribution in [3.8, 4) is 6.07 Å². The molecule has 6 nitrogen and oxygen atoms in total. The van der Waals surface area contributed by atoms with E-state index >= 15 is 0 Å². The summed E-state index contributed by atoms with van der Waals surface area (Å²) in [5, 5.41) is 19.6. The number of ether oxygens (including phenoxy) is 1. The normalized spacial score (nSPS) is 9.47. The molecule has 0 heterocycles. The Hall–Kier alpha value is -2.42. The molecule has 0 aliphatic carbocycles. The highest BCUT2D eigenvalue weighted by Gasteiger charge is 2.23. The Kier molecular flexibility index (Phi) is 3.78. The number of hydrogen-bond donors (Lipinski definition) is 0. The number of esters is 1. The molecule has 0 unspecified atom stereocenters. The van der Waals surface area contributed by atoms with Crippen LogP contribution < -0.4 is 0 Å². The lowest BCUT2D eigenvalue weighted by atomic mass is 10.0. The van der Waals surface area contributed by atoms with Crippen LogP contribution >= 0.6 is 0 Å². The van der Waals surface area contributed by atoms with E-state index in [0.29, 0.717) is 0 Å². The van der Waals surface area contributed by atoms with Gasteiger partial charge in [-0.3, -0.25) is 10.1 Å². The van der Waals surface area contributed by atoms with E-state index in [2.05, 4.69) is 0 Å². The number of nitriles is 1. The van der Waals surface area contributed by atoms with Crippen molar-refractivity contribution in [2.75, 3.05) is 6.61 Å². The maximum absolute atomic E-state index is 11.6. The second-order valence-corrected chi connectivity index (χ2v) is 3.22. The first kappa shape index (κ1) is 12.6. The standard InChI is InChI=1S/C11H10N2O4/c1-3-17-11(14)10-7(2)9(13(15)16)5-4-8(10)6-12/h4-5H,3H2,1-2H3. The van der Waals surface area contributed by atoms with Crippen molar-refractivity contribution in [3.63, 3.8) is 0 Å². The second-order valence-electron chi connectivity index (χ2n) is 3.22. The molecule has 0 amide bonds. The summed E-state index contributed by atoms with van der Waals surface area (Å²) in [6.07, 6.45) is 0. The SMILES string of the molecule is CCOC(=O)c1c(C#N)ccc([N+](=O)[O-])c1C. The van der Waals surface area contributed by atoms with E-state index in [1.165, 1.54) is 19.1 Å². The predicted octanol–water partition coefficient (Wildman–Crippen LogP) is 1.95. The van der Waals surface area contributed by atoms with Gasteiger partial charge in [0.15, 0.2) is 0 Å². The van der Waals surface area contributed by atoms with Crippen molar-refractivity contribution >= 4 is 11.7 Å². The summed E-state index contributed by atoms with van der Waals surface area (Å²) >= 11 is 0. The molecule has 0 spiro atoms. The number of nitro groups is 1. The van der Waals surface area contributed by atoms with E-state index in [1.54, 1.807) is 6.92 Å². The molecule has 17 heavy (non-hydrogen) atoms. The molecule has 0 N–H and O–H groups in total. The summed E-state index contributed by atoms with van der Waals surface area (Å²) in [5.41, 5.74) is -0.0188. The summed E-state index contributed by atoms with van der Waals surface area (Å²) < 4.78 is 4.77. The third-order valence-electron chi connectivity index (χ3n) is 2.23. The van der Waals surface area contributed by atoms with Crippen LogP contribution in [0.25, 0.3) is 0 Å². The van der Waals surface area contributed by atoms with E-state index in [-0.39, 0.29) is 29.0 Å². The number of hydrogen-bond acceptors (Lipinski definition) is 5. The molecule has 1 rings (SSSR count). The van der Waals surface area contributed by atoms with Gasteiger partial charge in [-0.05, 0) is 19.9 Å². The molecule has 1 aromatic carbocycles. The lowest BCUT2D eigenvalue weighted by molar-refractivity contribution is -0.385. The zero-order valence-corrected chi connectivity index (χ0v) is 9.39. The largest absolute Gasteiger partial charge is 0.462 e. The zero-order chi connectivity index (χ0) is 13.0. The summed E-state index contributed by atoms with van der Waals surface area (Å²) in [7, 11) is 0. The van der Waals surface area contributed by atoms with E-state index < -0.39 is 10.9 Å². The van der Waals surface area contributed by atoms with Crippen LogP contribution in [0.5, 0.6) is 0 Å². The average molecular weight is 234 g/mol. The Morgan fingerprint density at radius 1 is 1.59 bits per heavy atom. The molecule has 0 bridgehead atoms. The Bertz CT molecular complexity index is 517. The van der Waals surface area contributed by atoms with Crippen LogP contribution in [0.15, 0.2) is 12.1 Å². The quantitative estimate of drug-likeness (QED) is 0.452. The highest BCUT2D eigenvalue weighted by molar-refractivity contribution is 5.95. The van der Waals surface area contributed by atoms with Gasteiger partial charge in [0.25, 0.3) is 5.69 Å². The van der Waals surface area contributed by atoms with Gasteiger partial charge >= 0.3 is 5.97 Å². The molecule has 0 atom stereocenters. The molecule has 0 fully saturated rings. The Morgan fingerprint density at radius 3 is 2.71 bits per heavy atom. The number of carbonyl (C=O) groups is 1. The van der Waals surface area contributed by atoms with Crippen molar-refractivity contribution in [3.05, 3.63) is 38.9 Å².